The van der Waals surface area contributed by atoms with E-state index >= 15 is 0 Å². The summed E-state index contributed by atoms with van der Waals surface area (Å²) in [6, 6.07) is 2.74. The first-order valence-corrected chi connectivity index (χ1v) is 7.76. The molecule has 1 saturated carbocycles. The van der Waals surface area contributed by atoms with Gasteiger partial charge >= 0.3 is 0 Å². The molecule has 0 heterocycles. The van der Waals surface area contributed by atoms with Crippen LogP contribution >= 0.6 is 27.7 Å². The van der Waals surface area contributed by atoms with Crippen LogP contribution in [0.2, 0.25) is 0 Å². The zero-order valence-electron chi connectivity index (χ0n) is 9.52. The third-order valence-corrected chi connectivity index (χ3v) is 5.17. The van der Waals surface area contributed by atoms with Crippen molar-refractivity contribution in [1.29, 1.82) is 0 Å². The minimum absolute atomic E-state index is 0.204. The van der Waals surface area contributed by atoms with Crippen molar-refractivity contribution in [2.24, 2.45) is 0 Å². The Morgan fingerprint density at radius 1 is 1.18 bits per heavy atom. The summed E-state index contributed by atoms with van der Waals surface area (Å²) in [5.41, 5.74) is 0.204. The van der Waals surface area contributed by atoms with Crippen LogP contribution in [0.5, 0.6) is 0 Å². The topological polar surface area (TPSA) is 0 Å². The van der Waals surface area contributed by atoms with Crippen molar-refractivity contribution < 1.29 is 8.78 Å². The van der Waals surface area contributed by atoms with Crippen molar-refractivity contribution in [3.8, 4) is 0 Å². The summed E-state index contributed by atoms with van der Waals surface area (Å²) in [5, 5.41) is 0.571. The highest BCUT2D eigenvalue weighted by atomic mass is 79.9. The lowest BCUT2D eigenvalue weighted by Crippen LogP contribution is -2.09. The van der Waals surface area contributed by atoms with Gasteiger partial charge in [-0.3, -0.25) is 0 Å². The average Bonchev–Trinajstić information content (AvgIpc) is 2.35. The number of thioether (sulfide) groups is 1. The fraction of sp³-hybridized carbons (Fsp3) is 0.538. The van der Waals surface area contributed by atoms with Crippen molar-refractivity contribution in [1.82, 2.24) is 0 Å². The van der Waals surface area contributed by atoms with Gasteiger partial charge in [-0.2, -0.15) is 11.8 Å². The Morgan fingerprint density at radius 2 is 1.88 bits per heavy atom. The minimum Gasteiger partial charge on any atom is -0.207 e. The molecule has 17 heavy (non-hydrogen) atoms. The van der Waals surface area contributed by atoms with E-state index < -0.39 is 11.6 Å². The molecule has 0 N–H and O–H groups in total. The van der Waals surface area contributed by atoms with Gasteiger partial charge in [0.1, 0.15) is 11.6 Å². The van der Waals surface area contributed by atoms with Crippen LogP contribution in [-0.2, 0) is 5.75 Å². The predicted octanol–water partition coefficient (Wildman–Crippen LogP) is 5.29. The molecule has 0 spiro atoms. The molecule has 2 rings (SSSR count). The maximum Gasteiger partial charge on any atom is 0.144 e. The summed E-state index contributed by atoms with van der Waals surface area (Å²) in [4.78, 5) is 0. The third kappa shape index (κ3) is 3.44. The van der Waals surface area contributed by atoms with Crippen molar-refractivity contribution in [3.63, 3.8) is 0 Å². The average molecular weight is 321 g/mol. The summed E-state index contributed by atoms with van der Waals surface area (Å²) in [7, 11) is 0. The van der Waals surface area contributed by atoms with Gasteiger partial charge in [-0.25, -0.2) is 8.78 Å². The normalized spacial score (nSPS) is 17.4. The first kappa shape index (κ1) is 13.3. The quantitative estimate of drug-likeness (QED) is 0.681. The van der Waals surface area contributed by atoms with Gasteiger partial charge in [-0.1, -0.05) is 19.3 Å². The Morgan fingerprint density at radius 3 is 2.59 bits per heavy atom. The Bertz CT molecular complexity index is 389. The summed E-state index contributed by atoms with van der Waals surface area (Å²) in [5.74, 6) is -0.454. The van der Waals surface area contributed by atoms with E-state index in [0.29, 0.717) is 15.5 Å². The van der Waals surface area contributed by atoms with E-state index in [2.05, 4.69) is 15.9 Å². The number of hydrogen-bond donors (Lipinski definition) is 0. The van der Waals surface area contributed by atoms with Crippen molar-refractivity contribution in [2.45, 2.75) is 43.1 Å². The molecule has 1 fully saturated rings. The van der Waals surface area contributed by atoms with Crippen LogP contribution in [0.3, 0.4) is 0 Å². The molecule has 0 bridgehead atoms. The zero-order chi connectivity index (χ0) is 12.3. The van der Waals surface area contributed by atoms with Gasteiger partial charge in [-0.05, 0) is 40.9 Å². The van der Waals surface area contributed by atoms with E-state index in [1.54, 1.807) is 11.8 Å². The Balaban J connectivity index is 2.00. The molecule has 4 heteroatoms. The molecular weight excluding hydrogens is 306 g/mol. The number of rotatable bonds is 3. The number of hydrogen-bond acceptors (Lipinski definition) is 1. The molecule has 0 atom stereocenters. The zero-order valence-corrected chi connectivity index (χ0v) is 11.9. The van der Waals surface area contributed by atoms with Crippen LogP contribution < -0.4 is 0 Å². The second-order valence-electron chi connectivity index (χ2n) is 4.39. The second kappa shape index (κ2) is 6.19. The molecule has 94 valence electrons. The molecule has 0 aliphatic heterocycles. The molecule has 1 aromatic carbocycles. The number of halogens is 3. The lowest BCUT2D eigenvalue weighted by Gasteiger charge is -2.21. The minimum atomic E-state index is -0.451. The highest BCUT2D eigenvalue weighted by molar-refractivity contribution is 9.10. The Kier molecular flexibility index (Phi) is 4.86. The molecule has 1 aromatic rings. The van der Waals surface area contributed by atoms with Gasteiger partial charge in [0, 0.05) is 16.6 Å². The maximum absolute atomic E-state index is 13.7. The SMILES string of the molecule is Fc1ccc(Br)c(F)c1CSC1CCCCC1. The molecule has 0 aromatic heterocycles. The maximum atomic E-state index is 13.7. The highest BCUT2D eigenvalue weighted by Gasteiger charge is 2.17. The fourth-order valence-corrected chi connectivity index (χ4v) is 3.84. The van der Waals surface area contributed by atoms with Crippen molar-refractivity contribution >= 4 is 27.7 Å². The van der Waals surface area contributed by atoms with E-state index in [4.69, 9.17) is 0 Å². The van der Waals surface area contributed by atoms with Crippen LogP contribution in [0.4, 0.5) is 8.78 Å². The van der Waals surface area contributed by atoms with Crippen molar-refractivity contribution in [3.05, 3.63) is 33.8 Å². The van der Waals surface area contributed by atoms with Crippen LogP contribution in [0.25, 0.3) is 0 Å². The molecule has 0 unspecified atom stereocenters. The van der Waals surface area contributed by atoms with E-state index in [-0.39, 0.29) is 5.56 Å². The molecule has 1 aliphatic rings. The molecular formula is C13H15BrF2S. The van der Waals surface area contributed by atoms with E-state index in [0.717, 1.165) is 0 Å². The van der Waals surface area contributed by atoms with Crippen LogP contribution in [0.15, 0.2) is 16.6 Å². The number of benzene rings is 1. The van der Waals surface area contributed by atoms with Crippen LogP contribution in [0, 0.1) is 11.6 Å². The lowest BCUT2D eigenvalue weighted by molar-refractivity contribution is 0.515. The summed E-state index contributed by atoms with van der Waals surface area (Å²) in [6.45, 7) is 0. The molecule has 1 aliphatic carbocycles. The monoisotopic (exact) mass is 320 g/mol. The molecule has 0 saturated heterocycles. The predicted molar refractivity (Wildman–Crippen MR) is 72.2 cm³/mol. The van der Waals surface area contributed by atoms with E-state index in [9.17, 15) is 8.78 Å². The lowest BCUT2D eigenvalue weighted by atomic mass is 10.0. The summed E-state index contributed by atoms with van der Waals surface area (Å²) in [6.07, 6.45) is 6.17. The summed E-state index contributed by atoms with van der Waals surface area (Å²) >= 11 is 4.78. The van der Waals surface area contributed by atoms with Gasteiger partial charge in [0.15, 0.2) is 0 Å². The van der Waals surface area contributed by atoms with E-state index in [1.165, 1.54) is 44.2 Å². The van der Waals surface area contributed by atoms with Gasteiger partial charge in [0.2, 0.25) is 0 Å². The molecule has 0 nitrogen and oxygen atoms in total. The smallest absolute Gasteiger partial charge is 0.144 e. The highest BCUT2D eigenvalue weighted by Crippen LogP contribution is 2.32. The first-order valence-electron chi connectivity index (χ1n) is 5.92. The largest absolute Gasteiger partial charge is 0.207 e. The second-order valence-corrected chi connectivity index (χ2v) is 6.54. The van der Waals surface area contributed by atoms with Crippen molar-refractivity contribution in [2.75, 3.05) is 0 Å². The Labute approximate surface area is 113 Å². The van der Waals surface area contributed by atoms with Crippen LogP contribution in [0.1, 0.15) is 37.7 Å². The van der Waals surface area contributed by atoms with Gasteiger partial charge in [0.05, 0.1) is 4.47 Å². The third-order valence-electron chi connectivity index (χ3n) is 3.15. The summed E-state index contributed by atoms with van der Waals surface area (Å²) < 4.78 is 27.6. The molecule has 0 amide bonds. The molecule has 0 radical (unpaired) electrons. The van der Waals surface area contributed by atoms with Gasteiger partial charge < -0.3 is 0 Å². The van der Waals surface area contributed by atoms with Crippen LogP contribution in [-0.4, -0.2) is 5.25 Å². The fourth-order valence-electron chi connectivity index (χ4n) is 2.13. The van der Waals surface area contributed by atoms with E-state index in [1.807, 2.05) is 0 Å². The standard InChI is InChI=1S/C13H15BrF2S/c14-11-6-7-12(15)10(13(11)16)8-17-9-4-2-1-3-5-9/h6-7,9H,1-5,8H2. The van der Waals surface area contributed by atoms with Gasteiger partial charge in [0.25, 0.3) is 0 Å². The Hall–Kier alpha value is -0.0900. The van der Waals surface area contributed by atoms with Gasteiger partial charge in [-0.15, -0.1) is 0 Å². The first-order chi connectivity index (χ1) is 8.18.